The van der Waals surface area contributed by atoms with Gasteiger partial charge in [0.25, 0.3) is 0 Å². The second kappa shape index (κ2) is 5.30. The van der Waals surface area contributed by atoms with Crippen LogP contribution in [0.1, 0.15) is 38.7 Å². The van der Waals surface area contributed by atoms with Crippen molar-refractivity contribution in [2.24, 2.45) is 0 Å². The van der Waals surface area contributed by atoms with Crippen LogP contribution in [0, 0.1) is 0 Å². The zero-order chi connectivity index (χ0) is 12.3. The standard InChI is InChI=1S/C14H20N2O/c1-11-5-3-6-12(2)16(11)14(17)9-13-7-4-8-15-10-13/h4,7-8,10-12H,3,5-6,9H2,1-2H3. The Morgan fingerprint density at radius 3 is 2.71 bits per heavy atom. The number of carbonyl (C=O) groups excluding carboxylic acids is 1. The van der Waals surface area contributed by atoms with Gasteiger partial charge in [0.2, 0.25) is 5.91 Å². The van der Waals surface area contributed by atoms with Crippen molar-refractivity contribution < 1.29 is 4.79 Å². The van der Waals surface area contributed by atoms with E-state index in [1.807, 2.05) is 12.1 Å². The summed E-state index contributed by atoms with van der Waals surface area (Å²) in [6.07, 6.45) is 7.48. The fourth-order valence-electron chi connectivity index (χ4n) is 2.68. The maximum Gasteiger partial charge on any atom is 0.227 e. The summed E-state index contributed by atoms with van der Waals surface area (Å²) in [6.45, 7) is 4.30. The SMILES string of the molecule is CC1CCCC(C)N1C(=O)Cc1cccnc1. The minimum Gasteiger partial charge on any atom is -0.337 e. The molecule has 1 fully saturated rings. The Labute approximate surface area is 103 Å². The highest BCUT2D eigenvalue weighted by Gasteiger charge is 2.28. The number of hydrogen-bond donors (Lipinski definition) is 0. The zero-order valence-electron chi connectivity index (χ0n) is 10.6. The van der Waals surface area contributed by atoms with Crippen molar-refractivity contribution in [2.45, 2.75) is 51.6 Å². The quantitative estimate of drug-likeness (QED) is 0.784. The molecule has 1 saturated heterocycles. The molecule has 3 nitrogen and oxygen atoms in total. The van der Waals surface area contributed by atoms with Crippen molar-refractivity contribution >= 4 is 5.91 Å². The number of amides is 1. The van der Waals surface area contributed by atoms with Crippen LogP contribution in [0.4, 0.5) is 0 Å². The number of pyridine rings is 1. The minimum atomic E-state index is 0.234. The summed E-state index contributed by atoms with van der Waals surface area (Å²) in [5.74, 6) is 0.234. The predicted octanol–water partition coefficient (Wildman–Crippen LogP) is 2.41. The molecule has 1 aliphatic rings. The summed E-state index contributed by atoms with van der Waals surface area (Å²) in [6, 6.07) is 4.60. The molecule has 0 saturated carbocycles. The van der Waals surface area contributed by atoms with Crippen LogP contribution in [-0.4, -0.2) is 27.9 Å². The number of hydrogen-bond acceptors (Lipinski definition) is 2. The first-order valence-corrected chi connectivity index (χ1v) is 6.38. The Balaban J connectivity index is 2.04. The van der Waals surface area contributed by atoms with Crippen LogP contribution in [0.2, 0.25) is 0 Å². The third-order valence-corrected chi connectivity index (χ3v) is 3.56. The smallest absolute Gasteiger partial charge is 0.227 e. The topological polar surface area (TPSA) is 33.2 Å². The van der Waals surface area contributed by atoms with E-state index in [-0.39, 0.29) is 5.91 Å². The Morgan fingerprint density at radius 1 is 1.41 bits per heavy atom. The lowest BCUT2D eigenvalue weighted by molar-refractivity contribution is -0.136. The predicted molar refractivity (Wildman–Crippen MR) is 67.6 cm³/mol. The Morgan fingerprint density at radius 2 is 2.12 bits per heavy atom. The van der Waals surface area contributed by atoms with Crippen LogP contribution in [0.5, 0.6) is 0 Å². The molecule has 0 spiro atoms. The lowest BCUT2D eigenvalue weighted by Crippen LogP contribution is -2.48. The second-order valence-corrected chi connectivity index (χ2v) is 4.97. The summed E-state index contributed by atoms with van der Waals surface area (Å²) in [5, 5.41) is 0. The number of nitrogens with zero attached hydrogens (tertiary/aromatic N) is 2. The highest BCUT2D eigenvalue weighted by Crippen LogP contribution is 2.23. The van der Waals surface area contributed by atoms with Crippen molar-refractivity contribution in [3.8, 4) is 0 Å². The normalized spacial score (nSPS) is 24.7. The van der Waals surface area contributed by atoms with E-state index in [9.17, 15) is 4.79 Å². The summed E-state index contributed by atoms with van der Waals surface area (Å²) >= 11 is 0. The number of rotatable bonds is 2. The summed E-state index contributed by atoms with van der Waals surface area (Å²) in [7, 11) is 0. The van der Waals surface area contributed by atoms with Gasteiger partial charge in [-0.05, 0) is 44.7 Å². The third-order valence-electron chi connectivity index (χ3n) is 3.56. The van der Waals surface area contributed by atoms with Gasteiger partial charge in [0.15, 0.2) is 0 Å². The first-order valence-electron chi connectivity index (χ1n) is 6.38. The van der Waals surface area contributed by atoms with E-state index in [0.29, 0.717) is 18.5 Å². The summed E-state index contributed by atoms with van der Waals surface area (Å²) in [5.41, 5.74) is 1.00. The zero-order valence-corrected chi connectivity index (χ0v) is 10.6. The van der Waals surface area contributed by atoms with E-state index in [1.54, 1.807) is 12.4 Å². The van der Waals surface area contributed by atoms with Crippen molar-refractivity contribution in [1.29, 1.82) is 0 Å². The molecular weight excluding hydrogens is 212 g/mol. The molecule has 92 valence electrons. The van der Waals surface area contributed by atoms with E-state index >= 15 is 0 Å². The summed E-state index contributed by atoms with van der Waals surface area (Å²) < 4.78 is 0. The highest BCUT2D eigenvalue weighted by atomic mass is 16.2. The van der Waals surface area contributed by atoms with Gasteiger partial charge in [0.1, 0.15) is 0 Å². The van der Waals surface area contributed by atoms with Gasteiger partial charge < -0.3 is 4.90 Å². The Hall–Kier alpha value is -1.38. The molecule has 2 unspecified atom stereocenters. The molecule has 2 atom stereocenters. The molecule has 2 rings (SSSR count). The van der Waals surface area contributed by atoms with Crippen LogP contribution in [-0.2, 0) is 11.2 Å². The minimum absolute atomic E-state index is 0.234. The first-order chi connectivity index (χ1) is 8.18. The molecule has 0 aromatic carbocycles. The number of likely N-dealkylation sites (tertiary alicyclic amines) is 1. The van der Waals surface area contributed by atoms with Gasteiger partial charge in [-0.25, -0.2) is 0 Å². The molecule has 0 N–H and O–H groups in total. The number of carbonyl (C=O) groups is 1. The maximum atomic E-state index is 12.3. The van der Waals surface area contributed by atoms with Gasteiger partial charge in [-0.1, -0.05) is 6.07 Å². The van der Waals surface area contributed by atoms with Crippen LogP contribution >= 0.6 is 0 Å². The largest absolute Gasteiger partial charge is 0.337 e. The van der Waals surface area contributed by atoms with Crippen LogP contribution < -0.4 is 0 Å². The van der Waals surface area contributed by atoms with Gasteiger partial charge in [-0.15, -0.1) is 0 Å². The van der Waals surface area contributed by atoms with E-state index in [2.05, 4.69) is 23.7 Å². The van der Waals surface area contributed by atoms with Gasteiger partial charge in [-0.3, -0.25) is 9.78 Å². The lowest BCUT2D eigenvalue weighted by Gasteiger charge is -2.39. The Bertz CT molecular complexity index is 367. The van der Waals surface area contributed by atoms with Gasteiger partial charge in [0, 0.05) is 24.5 Å². The van der Waals surface area contributed by atoms with Gasteiger partial charge in [-0.2, -0.15) is 0 Å². The average molecular weight is 232 g/mol. The molecule has 17 heavy (non-hydrogen) atoms. The van der Waals surface area contributed by atoms with Crippen molar-refractivity contribution in [1.82, 2.24) is 9.88 Å². The van der Waals surface area contributed by atoms with Crippen molar-refractivity contribution in [2.75, 3.05) is 0 Å². The van der Waals surface area contributed by atoms with Crippen molar-refractivity contribution in [3.63, 3.8) is 0 Å². The first kappa shape index (κ1) is 12.1. The fourth-order valence-corrected chi connectivity index (χ4v) is 2.68. The van der Waals surface area contributed by atoms with Crippen LogP contribution in [0.3, 0.4) is 0 Å². The van der Waals surface area contributed by atoms with E-state index < -0.39 is 0 Å². The summed E-state index contributed by atoms with van der Waals surface area (Å²) in [4.78, 5) is 18.4. The molecule has 1 aromatic rings. The molecule has 3 heteroatoms. The van der Waals surface area contributed by atoms with Crippen LogP contribution in [0.15, 0.2) is 24.5 Å². The third kappa shape index (κ3) is 2.84. The van der Waals surface area contributed by atoms with E-state index in [4.69, 9.17) is 0 Å². The molecule has 1 aromatic heterocycles. The highest BCUT2D eigenvalue weighted by molar-refractivity contribution is 5.79. The Kier molecular flexibility index (Phi) is 3.77. The second-order valence-electron chi connectivity index (χ2n) is 4.97. The fraction of sp³-hybridized carbons (Fsp3) is 0.571. The van der Waals surface area contributed by atoms with Gasteiger partial charge >= 0.3 is 0 Å². The van der Waals surface area contributed by atoms with E-state index in [0.717, 1.165) is 18.4 Å². The van der Waals surface area contributed by atoms with Crippen molar-refractivity contribution in [3.05, 3.63) is 30.1 Å². The molecule has 0 radical (unpaired) electrons. The van der Waals surface area contributed by atoms with Gasteiger partial charge in [0.05, 0.1) is 6.42 Å². The maximum absolute atomic E-state index is 12.3. The number of aromatic nitrogens is 1. The molecular formula is C14H20N2O. The monoisotopic (exact) mass is 232 g/mol. The molecule has 1 aliphatic heterocycles. The molecule has 0 bridgehead atoms. The number of piperidine rings is 1. The van der Waals surface area contributed by atoms with Crippen LogP contribution in [0.25, 0.3) is 0 Å². The molecule has 2 heterocycles. The molecule has 1 amide bonds. The van der Waals surface area contributed by atoms with E-state index in [1.165, 1.54) is 6.42 Å². The lowest BCUT2D eigenvalue weighted by atomic mass is 9.96. The molecule has 0 aliphatic carbocycles. The average Bonchev–Trinajstić information content (AvgIpc) is 2.30.